The van der Waals surface area contributed by atoms with E-state index >= 15 is 0 Å². The highest BCUT2D eigenvalue weighted by Gasteiger charge is 2.50. The van der Waals surface area contributed by atoms with Crippen LogP contribution in [0.2, 0.25) is 0 Å². The van der Waals surface area contributed by atoms with Crippen molar-refractivity contribution in [2.45, 2.75) is 52.1 Å². The average molecular weight is 569 g/mol. The van der Waals surface area contributed by atoms with Crippen molar-refractivity contribution in [2.75, 3.05) is 0 Å². The van der Waals surface area contributed by atoms with Gasteiger partial charge in [-0.15, -0.1) is 0 Å². The van der Waals surface area contributed by atoms with Crippen molar-refractivity contribution in [1.29, 1.82) is 0 Å². The molecule has 2 aromatic rings. The number of carbonyl (C=O) groups is 4. The molecule has 3 N–H and O–H groups in total. The second-order valence-corrected chi connectivity index (χ2v) is 11.1. The van der Waals surface area contributed by atoms with Gasteiger partial charge in [-0.05, 0) is 55.7 Å². The summed E-state index contributed by atoms with van der Waals surface area (Å²) in [5.41, 5.74) is -0.776. The molecular weight excluding hydrogens is 541 g/mol. The number of carbonyl (C=O) groups excluding carboxylic acids is 4. The molecule has 0 aliphatic heterocycles. The minimum absolute atomic E-state index is 0.00351. The SMILES string of the molecule is CC(=O)C1=C(O)CC2CC3Cc4ccc(CC(=O)Cc5ccc(C)cc5C(F)(F)F)c(O)c4C(=O)C3=C(O)C2C1=O. The minimum Gasteiger partial charge on any atom is -0.511 e. The standard InChI is InChI=1S/C31H27F3O7/c1-13-3-4-15(21(7-13)31(32,33)34)10-20(36)11-17-6-5-16-8-18-9-19-12-22(37)23(14(2)35)28(39)26(19)30(41)25(18)29(40)24(16)27(17)38/h3-7,18-19,26,37-38,41H,8-12H2,1-2H3. The number of rotatable bonds is 5. The van der Waals surface area contributed by atoms with Gasteiger partial charge in [0.05, 0.1) is 22.6 Å². The summed E-state index contributed by atoms with van der Waals surface area (Å²) in [5, 5.41) is 32.5. The molecule has 7 nitrogen and oxygen atoms in total. The van der Waals surface area contributed by atoms with E-state index in [9.17, 15) is 47.7 Å². The highest BCUT2D eigenvalue weighted by molar-refractivity contribution is 6.22. The Morgan fingerprint density at radius 2 is 1.63 bits per heavy atom. The maximum atomic E-state index is 13.6. The molecule has 3 atom stereocenters. The highest BCUT2D eigenvalue weighted by atomic mass is 19.4. The normalized spacial score (nSPS) is 22.3. The first-order valence-corrected chi connectivity index (χ1v) is 13.2. The van der Waals surface area contributed by atoms with Crippen LogP contribution >= 0.6 is 0 Å². The van der Waals surface area contributed by atoms with Gasteiger partial charge in [0, 0.05) is 30.4 Å². The van der Waals surface area contributed by atoms with E-state index in [2.05, 4.69) is 0 Å². The molecule has 3 aliphatic rings. The topological polar surface area (TPSA) is 129 Å². The molecule has 0 fully saturated rings. The lowest BCUT2D eigenvalue weighted by atomic mass is 9.62. The third-order valence-electron chi connectivity index (χ3n) is 8.29. The average Bonchev–Trinajstić information content (AvgIpc) is 2.85. The van der Waals surface area contributed by atoms with Crippen molar-refractivity contribution >= 4 is 23.1 Å². The molecule has 5 rings (SSSR count). The number of aromatic hydroxyl groups is 1. The summed E-state index contributed by atoms with van der Waals surface area (Å²) in [7, 11) is 0. The van der Waals surface area contributed by atoms with Crippen LogP contribution in [0.25, 0.3) is 0 Å². The molecule has 0 spiro atoms. The number of phenols is 1. The zero-order valence-corrected chi connectivity index (χ0v) is 22.3. The molecule has 0 bridgehead atoms. The molecule has 0 heterocycles. The number of phenolic OH excluding ortho intramolecular Hbond substituents is 1. The van der Waals surface area contributed by atoms with Gasteiger partial charge in [-0.3, -0.25) is 19.2 Å². The van der Waals surface area contributed by atoms with Crippen molar-refractivity contribution in [3.63, 3.8) is 0 Å². The lowest BCUT2D eigenvalue weighted by molar-refractivity contribution is -0.138. The number of fused-ring (bicyclic) bond motifs is 3. The Balaban J connectivity index is 1.45. The fourth-order valence-corrected chi connectivity index (χ4v) is 6.51. The van der Waals surface area contributed by atoms with Crippen molar-refractivity contribution in [3.05, 3.63) is 86.4 Å². The number of allylic oxidation sites excluding steroid dienone is 4. The van der Waals surface area contributed by atoms with Gasteiger partial charge in [0.1, 0.15) is 23.1 Å². The van der Waals surface area contributed by atoms with E-state index in [1.54, 1.807) is 6.07 Å². The number of aliphatic hydroxyl groups is 2. The van der Waals surface area contributed by atoms with E-state index in [-0.39, 0.29) is 47.3 Å². The summed E-state index contributed by atoms with van der Waals surface area (Å²) < 4.78 is 40.5. The zero-order valence-electron chi connectivity index (χ0n) is 22.3. The molecule has 0 amide bonds. The number of hydrogen-bond donors (Lipinski definition) is 3. The van der Waals surface area contributed by atoms with Gasteiger partial charge in [0.25, 0.3) is 0 Å². The summed E-state index contributed by atoms with van der Waals surface area (Å²) in [6.07, 6.45) is -5.08. The molecule has 0 saturated carbocycles. The predicted molar refractivity (Wildman–Crippen MR) is 139 cm³/mol. The molecular formula is C31H27F3O7. The van der Waals surface area contributed by atoms with Crippen LogP contribution in [0.5, 0.6) is 5.75 Å². The van der Waals surface area contributed by atoms with Crippen LogP contribution in [0.3, 0.4) is 0 Å². The second kappa shape index (κ2) is 10.0. The van der Waals surface area contributed by atoms with Crippen LogP contribution in [0.1, 0.15) is 57.9 Å². The molecule has 0 radical (unpaired) electrons. The Hall–Kier alpha value is -4.21. The molecule has 0 aromatic heterocycles. The minimum atomic E-state index is -4.65. The fourth-order valence-electron chi connectivity index (χ4n) is 6.51. The van der Waals surface area contributed by atoms with Crippen molar-refractivity contribution < 1.29 is 47.7 Å². The van der Waals surface area contributed by atoms with Crippen LogP contribution in [-0.2, 0) is 39.8 Å². The van der Waals surface area contributed by atoms with E-state index < -0.39 is 82.5 Å². The maximum absolute atomic E-state index is 13.6. The smallest absolute Gasteiger partial charge is 0.416 e. The van der Waals surface area contributed by atoms with Crippen LogP contribution < -0.4 is 0 Å². The molecule has 214 valence electrons. The number of Topliss-reactive ketones (excluding diaryl/α,β-unsaturated/α-hetero) is 4. The number of alkyl halides is 3. The largest absolute Gasteiger partial charge is 0.511 e. The lowest BCUT2D eigenvalue weighted by Crippen LogP contribution is -2.42. The first kappa shape index (κ1) is 28.3. The van der Waals surface area contributed by atoms with Crippen LogP contribution in [0.15, 0.2) is 53.0 Å². The summed E-state index contributed by atoms with van der Waals surface area (Å²) in [4.78, 5) is 51.5. The van der Waals surface area contributed by atoms with Crippen LogP contribution in [0, 0.1) is 24.7 Å². The zero-order chi connectivity index (χ0) is 30.0. The molecule has 10 heteroatoms. The van der Waals surface area contributed by atoms with Crippen molar-refractivity contribution in [2.24, 2.45) is 17.8 Å². The molecule has 0 saturated heterocycles. The first-order chi connectivity index (χ1) is 19.2. The summed E-state index contributed by atoms with van der Waals surface area (Å²) in [6, 6.07) is 6.72. The van der Waals surface area contributed by atoms with Gasteiger partial charge in [0.15, 0.2) is 17.3 Å². The van der Waals surface area contributed by atoms with Crippen LogP contribution in [-0.4, -0.2) is 38.5 Å². The van der Waals surface area contributed by atoms with Gasteiger partial charge < -0.3 is 15.3 Å². The Kier molecular flexibility index (Phi) is 6.91. The Morgan fingerprint density at radius 3 is 2.29 bits per heavy atom. The van der Waals surface area contributed by atoms with Crippen molar-refractivity contribution in [3.8, 4) is 5.75 Å². The highest BCUT2D eigenvalue weighted by Crippen LogP contribution is 2.49. The Morgan fingerprint density at radius 1 is 0.976 bits per heavy atom. The molecule has 3 unspecified atom stereocenters. The van der Waals surface area contributed by atoms with Gasteiger partial charge in [-0.1, -0.05) is 29.8 Å². The third kappa shape index (κ3) is 4.85. The number of aryl methyl sites for hydroxylation is 1. The Labute approximate surface area is 233 Å². The van der Waals surface area contributed by atoms with E-state index in [1.165, 1.54) is 25.1 Å². The Bertz CT molecular complexity index is 1600. The summed E-state index contributed by atoms with van der Waals surface area (Å²) >= 11 is 0. The first-order valence-electron chi connectivity index (χ1n) is 13.2. The van der Waals surface area contributed by atoms with E-state index in [4.69, 9.17) is 0 Å². The quantitative estimate of drug-likeness (QED) is 0.420. The van der Waals surface area contributed by atoms with Crippen LogP contribution in [0.4, 0.5) is 13.2 Å². The predicted octanol–water partition coefficient (Wildman–Crippen LogP) is 5.25. The van der Waals surface area contributed by atoms with Gasteiger partial charge in [0.2, 0.25) is 0 Å². The number of hydrogen-bond acceptors (Lipinski definition) is 7. The van der Waals surface area contributed by atoms with E-state index in [0.29, 0.717) is 11.1 Å². The number of aliphatic hydroxyl groups excluding tert-OH is 2. The van der Waals surface area contributed by atoms with Gasteiger partial charge >= 0.3 is 6.18 Å². The van der Waals surface area contributed by atoms with E-state index in [1.807, 2.05) is 0 Å². The van der Waals surface area contributed by atoms with Gasteiger partial charge in [-0.2, -0.15) is 13.2 Å². The number of halogens is 3. The second-order valence-electron chi connectivity index (χ2n) is 11.1. The monoisotopic (exact) mass is 568 g/mol. The molecule has 3 aliphatic carbocycles. The number of ketones is 4. The van der Waals surface area contributed by atoms with E-state index in [0.717, 1.165) is 13.0 Å². The lowest BCUT2D eigenvalue weighted by Gasteiger charge is -2.40. The third-order valence-corrected chi connectivity index (χ3v) is 8.29. The van der Waals surface area contributed by atoms with Crippen molar-refractivity contribution in [1.82, 2.24) is 0 Å². The molecule has 2 aromatic carbocycles. The fraction of sp³-hybridized carbons (Fsp3) is 0.355. The number of benzene rings is 2. The summed E-state index contributed by atoms with van der Waals surface area (Å²) in [6.45, 7) is 2.64. The maximum Gasteiger partial charge on any atom is 0.416 e. The summed E-state index contributed by atoms with van der Waals surface area (Å²) in [5.74, 6) is -6.22. The molecule has 41 heavy (non-hydrogen) atoms. The van der Waals surface area contributed by atoms with Gasteiger partial charge in [-0.25, -0.2) is 0 Å².